The molecule has 1 heterocycles. The Labute approximate surface area is 79.2 Å². The summed E-state index contributed by atoms with van der Waals surface area (Å²) >= 11 is 0. The predicted octanol–water partition coefficient (Wildman–Crippen LogP) is 1.17. The molecule has 0 fully saturated rings. The van der Waals surface area contributed by atoms with Crippen LogP contribution in [0.1, 0.15) is 12.7 Å². The van der Waals surface area contributed by atoms with Gasteiger partial charge in [-0.3, -0.25) is 0 Å². The average Bonchev–Trinajstić information content (AvgIpc) is 2.50. The third kappa shape index (κ3) is 2.07. The molecule has 78 valence electrons. The number of carbonyl (C=O) groups is 1. The average molecular weight is 204 g/mol. The minimum atomic E-state index is -3.75. The predicted molar refractivity (Wildman–Crippen MR) is 44.2 cm³/mol. The second kappa shape index (κ2) is 3.73. The van der Waals surface area contributed by atoms with Gasteiger partial charge in [0.05, 0.1) is 6.54 Å². The van der Waals surface area contributed by atoms with Gasteiger partial charge in [0.1, 0.15) is 5.82 Å². The summed E-state index contributed by atoms with van der Waals surface area (Å²) in [6, 6.07) is 0. The van der Waals surface area contributed by atoms with Crippen LogP contribution in [-0.4, -0.2) is 26.5 Å². The summed E-state index contributed by atoms with van der Waals surface area (Å²) in [5.74, 6) is -5.41. The topological polar surface area (TPSA) is 55.1 Å². The molecule has 0 bridgehead atoms. The van der Waals surface area contributed by atoms with Crippen LogP contribution < -0.4 is 0 Å². The summed E-state index contributed by atoms with van der Waals surface area (Å²) in [5.41, 5.74) is 0. The van der Waals surface area contributed by atoms with Crippen LogP contribution in [0.2, 0.25) is 0 Å². The third-order valence-electron chi connectivity index (χ3n) is 1.80. The number of aryl methyl sites for hydroxylation is 1. The molecule has 0 unspecified atom stereocenters. The highest BCUT2D eigenvalue weighted by Crippen LogP contribution is 2.17. The lowest BCUT2D eigenvalue weighted by Crippen LogP contribution is -2.33. The van der Waals surface area contributed by atoms with E-state index in [0.29, 0.717) is 12.2 Å². The zero-order valence-corrected chi connectivity index (χ0v) is 7.57. The minimum Gasteiger partial charge on any atom is -0.477 e. The highest BCUT2D eigenvalue weighted by molar-refractivity contribution is 5.75. The number of carboxylic acids is 1. The maximum absolute atomic E-state index is 12.8. The van der Waals surface area contributed by atoms with Gasteiger partial charge in [-0.05, 0) is 0 Å². The summed E-state index contributed by atoms with van der Waals surface area (Å²) in [4.78, 5) is 14.0. The number of aromatic nitrogens is 2. The van der Waals surface area contributed by atoms with Crippen molar-refractivity contribution in [3.63, 3.8) is 0 Å². The van der Waals surface area contributed by atoms with Crippen LogP contribution >= 0.6 is 0 Å². The van der Waals surface area contributed by atoms with Gasteiger partial charge in [0.25, 0.3) is 0 Å². The molecule has 1 aromatic rings. The van der Waals surface area contributed by atoms with Gasteiger partial charge < -0.3 is 9.67 Å². The number of carboxylic acid groups (broad SMARTS) is 1. The Morgan fingerprint density at radius 3 is 2.86 bits per heavy atom. The maximum atomic E-state index is 12.8. The molecule has 0 atom stereocenters. The second-order valence-corrected chi connectivity index (χ2v) is 2.83. The molecular formula is C8H10F2N2O2. The molecule has 4 nitrogen and oxygen atoms in total. The van der Waals surface area contributed by atoms with E-state index in [4.69, 9.17) is 5.11 Å². The lowest BCUT2D eigenvalue weighted by Gasteiger charge is -2.13. The van der Waals surface area contributed by atoms with Crippen LogP contribution in [0.25, 0.3) is 0 Å². The summed E-state index contributed by atoms with van der Waals surface area (Å²) in [7, 11) is 0. The van der Waals surface area contributed by atoms with Gasteiger partial charge in [-0.1, -0.05) is 6.92 Å². The Hall–Kier alpha value is -1.46. The molecule has 14 heavy (non-hydrogen) atoms. The lowest BCUT2D eigenvalue weighted by molar-refractivity contribution is -0.166. The smallest absolute Gasteiger partial charge is 0.376 e. The molecule has 1 rings (SSSR count). The van der Waals surface area contributed by atoms with Gasteiger partial charge in [0.2, 0.25) is 0 Å². The van der Waals surface area contributed by atoms with E-state index in [9.17, 15) is 13.6 Å². The van der Waals surface area contributed by atoms with E-state index in [0.717, 1.165) is 4.57 Å². The van der Waals surface area contributed by atoms with Gasteiger partial charge in [-0.25, -0.2) is 9.78 Å². The van der Waals surface area contributed by atoms with Gasteiger partial charge in [0, 0.05) is 18.8 Å². The molecule has 0 radical (unpaired) electrons. The molecule has 6 heteroatoms. The molecule has 0 aliphatic carbocycles. The van der Waals surface area contributed by atoms with Crippen LogP contribution in [0.4, 0.5) is 8.78 Å². The van der Waals surface area contributed by atoms with Crippen molar-refractivity contribution < 1.29 is 18.7 Å². The number of hydrogen-bond donors (Lipinski definition) is 1. The number of halogens is 2. The summed E-state index contributed by atoms with van der Waals surface area (Å²) in [6.45, 7) is 0.892. The van der Waals surface area contributed by atoms with E-state index in [-0.39, 0.29) is 0 Å². The van der Waals surface area contributed by atoms with E-state index in [2.05, 4.69) is 4.98 Å². The Morgan fingerprint density at radius 1 is 1.71 bits per heavy atom. The van der Waals surface area contributed by atoms with Crippen LogP contribution in [0, 0.1) is 0 Å². The highest BCUT2D eigenvalue weighted by atomic mass is 19.3. The van der Waals surface area contributed by atoms with Gasteiger partial charge >= 0.3 is 11.9 Å². The Bertz CT molecular complexity index is 336. The Morgan fingerprint density at radius 2 is 2.36 bits per heavy atom. The number of aliphatic carboxylic acids is 1. The number of hydrogen-bond acceptors (Lipinski definition) is 2. The van der Waals surface area contributed by atoms with Gasteiger partial charge in [0.15, 0.2) is 0 Å². The molecule has 0 amide bonds. The molecule has 1 aromatic heterocycles. The Kier molecular flexibility index (Phi) is 2.83. The van der Waals surface area contributed by atoms with Gasteiger partial charge in [-0.2, -0.15) is 8.78 Å². The molecule has 0 spiro atoms. The van der Waals surface area contributed by atoms with E-state index in [1.807, 2.05) is 0 Å². The molecule has 0 saturated carbocycles. The largest absolute Gasteiger partial charge is 0.477 e. The molecular weight excluding hydrogens is 194 g/mol. The normalized spacial score (nSPS) is 11.6. The first-order chi connectivity index (χ1) is 6.47. The maximum Gasteiger partial charge on any atom is 0.376 e. The van der Waals surface area contributed by atoms with Crippen molar-refractivity contribution in [3.8, 4) is 0 Å². The van der Waals surface area contributed by atoms with Crippen molar-refractivity contribution in [2.45, 2.75) is 25.8 Å². The monoisotopic (exact) mass is 204 g/mol. The van der Waals surface area contributed by atoms with Crippen molar-refractivity contribution >= 4 is 5.97 Å². The fourth-order valence-electron chi connectivity index (χ4n) is 1.08. The first kappa shape index (κ1) is 10.6. The third-order valence-corrected chi connectivity index (χ3v) is 1.80. The second-order valence-electron chi connectivity index (χ2n) is 2.83. The molecule has 0 aliphatic heterocycles. The molecule has 0 saturated heterocycles. The quantitative estimate of drug-likeness (QED) is 0.800. The fourth-order valence-corrected chi connectivity index (χ4v) is 1.08. The van der Waals surface area contributed by atoms with Crippen LogP contribution in [0.15, 0.2) is 12.4 Å². The molecule has 0 aromatic carbocycles. The highest BCUT2D eigenvalue weighted by Gasteiger charge is 2.39. The molecule has 1 N–H and O–H groups in total. The van der Waals surface area contributed by atoms with Crippen LogP contribution in [0.5, 0.6) is 0 Å². The number of nitrogens with zero attached hydrogens (tertiary/aromatic N) is 2. The SMILES string of the molecule is CCc1nccn1CC(F)(F)C(=O)O. The Balaban J connectivity index is 2.83. The van der Waals surface area contributed by atoms with Crippen LogP contribution in [-0.2, 0) is 17.8 Å². The minimum absolute atomic E-state index is 0.450. The summed E-state index contributed by atoms with van der Waals surface area (Å²) in [5, 5.41) is 8.22. The zero-order chi connectivity index (χ0) is 10.8. The lowest BCUT2D eigenvalue weighted by atomic mass is 10.3. The first-order valence-electron chi connectivity index (χ1n) is 4.08. The summed E-state index contributed by atoms with van der Waals surface area (Å²) < 4.78 is 26.7. The van der Waals surface area contributed by atoms with Crippen molar-refractivity contribution in [1.29, 1.82) is 0 Å². The summed E-state index contributed by atoms with van der Waals surface area (Å²) in [6.07, 6.45) is 3.20. The van der Waals surface area contributed by atoms with Crippen molar-refractivity contribution in [3.05, 3.63) is 18.2 Å². The van der Waals surface area contributed by atoms with E-state index in [1.165, 1.54) is 12.4 Å². The number of rotatable bonds is 4. The van der Waals surface area contributed by atoms with Crippen molar-refractivity contribution in [2.24, 2.45) is 0 Å². The van der Waals surface area contributed by atoms with Crippen molar-refractivity contribution in [2.75, 3.05) is 0 Å². The number of alkyl halides is 2. The molecule has 0 aliphatic rings. The van der Waals surface area contributed by atoms with Crippen LogP contribution in [0.3, 0.4) is 0 Å². The van der Waals surface area contributed by atoms with Crippen molar-refractivity contribution in [1.82, 2.24) is 9.55 Å². The first-order valence-corrected chi connectivity index (χ1v) is 4.08. The fraction of sp³-hybridized carbons (Fsp3) is 0.500. The zero-order valence-electron chi connectivity index (χ0n) is 7.57. The van der Waals surface area contributed by atoms with E-state index >= 15 is 0 Å². The standard InChI is InChI=1S/C8H10F2N2O2/c1-2-6-11-3-4-12(6)5-8(9,10)7(13)14/h3-4H,2,5H2,1H3,(H,13,14). The van der Waals surface area contributed by atoms with Gasteiger partial charge in [-0.15, -0.1) is 0 Å². The van der Waals surface area contributed by atoms with E-state index < -0.39 is 18.4 Å². The number of imidazole rings is 1. The van der Waals surface area contributed by atoms with E-state index in [1.54, 1.807) is 6.92 Å².